The molecule has 0 atom stereocenters. The highest BCUT2D eigenvalue weighted by molar-refractivity contribution is 5.95. The van der Waals surface area contributed by atoms with Crippen molar-refractivity contribution in [1.29, 1.82) is 0 Å². The number of aliphatic hydroxyl groups is 1. The number of H-pyrrole nitrogens is 1. The van der Waals surface area contributed by atoms with E-state index in [0.717, 1.165) is 28.2 Å². The van der Waals surface area contributed by atoms with Gasteiger partial charge in [0.15, 0.2) is 0 Å². The number of aromatic amines is 1. The minimum absolute atomic E-state index is 0.0573. The van der Waals surface area contributed by atoms with E-state index in [2.05, 4.69) is 9.97 Å². The molecule has 0 unspecified atom stereocenters. The van der Waals surface area contributed by atoms with Gasteiger partial charge in [0.2, 0.25) is 0 Å². The second-order valence-corrected chi connectivity index (χ2v) is 8.16. The van der Waals surface area contributed by atoms with E-state index in [1.54, 1.807) is 29.0 Å². The van der Waals surface area contributed by atoms with Crippen LogP contribution in [0.5, 0.6) is 5.75 Å². The Hall–Kier alpha value is -3.39. The van der Waals surface area contributed by atoms with Crippen LogP contribution in [0, 0.1) is 0 Å². The van der Waals surface area contributed by atoms with Gasteiger partial charge in [-0.25, -0.2) is 4.98 Å². The normalized spacial score (nSPS) is 17.6. The molecule has 0 radical (unpaired) electrons. The maximum atomic E-state index is 12.9. The van der Waals surface area contributed by atoms with Gasteiger partial charge in [0, 0.05) is 43.4 Å². The number of nitrogens with one attached hydrogen (secondary N) is 1. The van der Waals surface area contributed by atoms with Crippen LogP contribution in [0.2, 0.25) is 0 Å². The second-order valence-electron chi connectivity index (χ2n) is 8.16. The van der Waals surface area contributed by atoms with Gasteiger partial charge >= 0.3 is 0 Å². The van der Waals surface area contributed by atoms with E-state index in [9.17, 15) is 14.7 Å². The van der Waals surface area contributed by atoms with E-state index in [4.69, 9.17) is 4.74 Å². The molecule has 1 aromatic heterocycles. The van der Waals surface area contributed by atoms with Gasteiger partial charge < -0.3 is 24.6 Å². The number of carbonyl (C=O) groups is 2. The molecule has 5 rings (SSSR count). The number of methoxy groups -OCH3 is 1. The van der Waals surface area contributed by atoms with E-state index >= 15 is 0 Å². The number of nitrogens with zero attached hydrogens (tertiary/aromatic N) is 3. The van der Waals surface area contributed by atoms with Crippen LogP contribution in [0.3, 0.4) is 0 Å². The van der Waals surface area contributed by atoms with Crippen molar-refractivity contribution in [2.24, 2.45) is 0 Å². The van der Waals surface area contributed by atoms with E-state index in [1.807, 2.05) is 30.3 Å². The number of rotatable bonds is 4. The zero-order chi connectivity index (χ0) is 21.6. The lowest BCUT2D eigenvalue weighted by molar-refractivity contribution is -0.143. The first-order valence-corrected chi connectivity index (χ1v) is 10.4. The fraction of sp³-hybridized carbons (Fsp3) is 0.348. The van der Waals surface area contributed by atoms with E-state index in [-0.39, 0.29) is 11.8 Å². The molecule has 2 aliphatic rings. The van der Waals surface area contributed by atoms with Gasteiger partial charge in [0.05, 0.1) is 18.1 Å². The molecule has 2 aromatic carbocycles. The summed E-state index contributed by atoms with van der Waals surface area (Å²) in [5, 5.41) is 10.0. The second kappa shape index (κ2) is 7.39. The van der Waals surface area contributed by atoms with Gasteiger partial charge in [-0.2, -0.15) is 0 Å². The van der Waals surface area contributed by atoms with Gasteiger partial charge in [-0.15, -0.1) is 0 Å². The molecule has 1 aliphatic heterocycles. The SMILES string of the molecule is COc1ccc2nc(-c3ccc(C(=O)N4CCN(C(=O)C5(O)CC5)CC4)cc3)[nH]c2c1. The average Bonchev–Trinajstić information content (AvgIpc) is 3.42. The third-order valence-electron chi connectivity index (χ3n) is 6.07. The summed E-state index contributed by atoms with van der Waals surface area (Å²) in [6.45, 7) is 1.84. The highest BCUT2D eigenvalue weighted by Gasteiger charge is 2.50. The molecular formula is C23H24N4O4. The first-order valence-electron chi connectivity index (χ1n) is 10.4. The van der Waals surface area contributed by atoms with E-state index in [1.165, 1.54) is 0 Å². The third-order valence-corrected chi connectivity index (χ3v) is 6.07. The lowest BCUT2D eigenvalue weighted by atomic mass is 10.1. The molecule has 0 spiro atoms. The zero-order valence-corrected chi connectivity index (χ0v) is 17.3. The third kappa shape index (κ3) is 3.63. The lowest BCUT2D eigenvalue weighted by Gasteiger charge is -2.35. The van der Waals surface area contributed by atoms with Crippen LogP contribution < -0.4 is 4.74 Å². The summed E-state index contributed by atoms with van der Waals surface area (Å²) in [6, 6.07) is 13.0. The Bertz CT molecular complexity index is 1140. The fourth-order valence-corrected chi connectivity index (χ4v) is 3.94. The number of imidazole rings is 1. The molecule has 2 heterocycles. The number of aromatic nitrogens is 2. The number of amides is 2. The Kier molecular flexibility index (Phi) is 4.66. The van der Waals surface area contributed by atoms with Crippen molar-refractivity contribution in [2.45, 2.75) is 18.4 Å². The summed E-state index contributed by atoms with van der Waals surface area (Å²) in [6.07, 6.45) is 1.08. The van der Waals surface area contributed by atoms with Crippen molar-refractivity contribution in [1.82, 2.24) is 19.8 Å². The van der Waals surface area contributed by atoms with Gasteiger partial charge in [-0.05, 0) is 37.1 Å². The number of carbonyl (C=O) groups excluding carboxylic acids is 2. The van der Waals surface area contributed by atoms with Crippen LogP contribution in [0.4, 0.5) is 0 Å². The van der Waals surface area contributed by atoms with Crippen LogP contribution in [0.15, 0.2) is 42.5 Å². The Morgan fingerprint density at radius 2 is 1.71 bits per heavy atom. The Morgan fingerprint density at radius 1 is 1.03 bits per heavy atom. The summed E-state index contributed by atoms with van der Waals surface area (Å²) >= 11 is 0. The van der Waals surface area contributed by atoms with Crippen LogP contribution >= 0.6 is 0 Å². The van der Waals surface area contributed by atoms with Crippen LogP contribution in [-0.4, -0.2) is 75.6 Å². The van der Waals surface area contributed by atoms with Crippen molar-refractivity contribution >= 4 is 22.8 Å². The topological polar surface area (TPSA) is 98.8 Å². The molecule has 8 nitrogen and oxygen atoms in total. The molecule has 8 heteroatoms. The molecule has 31 heavy (non-hydrogen) atoms. The number of hydrogen-bond acceptors (Lipinski definition) is 5. The quantitative estimate of drug-likeness (QED) is 0.673. The summed E-state index contributed by atoms with van der Waals surface area (Å²) in [5.41, 5.74) is 2.07. The molecule has 2 fully saturated rings. The van der Waals surface area contributed by atoms with Crippen LogP contribution in [-0.2, 0) is 4.79 Å². The van der Waals surface area contributed by atoms with Gasteiger partial charge in [-0.1, -0.05) is 12.1 Å². The number of benzene rings is 2. The Morgan fingerprint density at radius 3 is 2.35 bits per heavy atom. The smallest absolute Gasteiger partial charge is 0.254 e. The highest BCUT2D eigenvalue weighted by Crippen LogP contribution is 2.37. The number of fused-ring (bicyclic) bond motifs is 1. The predicted molar refractivity (Wildman–Crippen MR) is 115 cm³/mol. The minimum atomic E-state index is -1.15. The molecule has 1 saturated heterocycles. The lowest BCUT2D eigenvalue weighted by Crippen LogP contribution is -2.53. The molecule has 160 valence electrons. The predicted octanol–water partition coefficient (Wildman–Crippen LogP) is 2.05. The number of ether oxygens (including phenoxy) is 1. The van der Waals surface area contributed by atoms with Crippen molar-refractivity contribution in [3.05, 3.63) is 48.0 Å². The number of piperazine rings is 1. The van der Waals surface area contributed by atoms with E-state index in [0.29, 0.717) is 44.6 Å². The van der Waals surface area contributed by atoms with Crippen LogP contribution in [0.25, 0.3) is 22.4 Å². The van der Waals surface area contributed by atoms with E-state index < -0.39 is 5.60 Å². The molecule has 3 aromatic rings. The van der Waals surface area contributed by atoms with Gasteiger partial charge in [0.25, 0.3) is 11.8 Å². The molecule has 2 amide bonds. The largest absolute Gasteiger partial charge is 0.497 e. The molecule has 1 saturated carbocycles. The average molecular weight is 420 g/mol. The monoisotopic (exact) mass is 420 g/mol. The van der Waals surface area contributed by atoms with Crippen LogP contribution in [0.1, 0.15) is 23.2 Å². The summed E-state index contributed by atoms with van der Waals surface area (Å²) in [5.74, 6) is 1.23. The molecule has 0 bridgehead atoms. The highest BCUT2D eigenvalue weighted by atomic mass is 16.5. The summed E-state index contributed by atoms with van der Waals surface area (Å²) < 4.78 is 5.25. The standard InChI is InChI=1S/C23H24N4O4/c1-31-17-6-7-18-19(14-17)25-20(24-18)15-2-4-16(5-3-15)21(28)26-10-12-27(13-11-26)22(29)23(30)8-9-23/h2-7,14,30H,8-13H2,1H3,(H,24,25). The first-order chi connectivity index (χ1) is 15.0. The summed E-state index contributed by atoms with van der Waals surface area (Å²) in [4.78, 5) is 36.4. The maximum Gasteiger partial charge on any atom is 0.254 e. The fourth-order valence-electron chi connectivity index (χ4n) is 3.94. The van der Waals surface area contributed by atoms with Gasteiger partial charge in [0.1, 0.15) is 17.2 Å². The summed E-state index contributed by atoms with van der Waals surface area (Å²) in [7, 11) is 1.63. The Balaban J connectivity index is 1.26. The van der Waals surface area contributed by atoms with Gasteiger partial charge in [-0.3, -0.25) is 9.59 Å². The molecule has 1 aliphatic carbocycles. The van der Waals surface area contributed by atoms with Crippen molar-refractivity contribution in [3.8, 4) is 17.1 Å². The van der Waals surface area contributed by atoms with Crippen molar-refractivity contribution in [2.75, 3.05) is 33.3 Å². The van der Waals surface area contributed by atoms with Crippen molar-refractivity contribution in [3.63, 3.8) is 0 Å². The number of hydrogen-bond donors (Lipinski definition) is 2. The minimum Gasteiger partial charge on any atom is -0.497 e. The maximum absolute atomic E-state index is 12.9. The Labute approximate surface area is 179 Å². The molecule has 2 N–H and O–H groups in total. The zero-order valence-electron chi connectivity index (χ0n) is 17.3. The van der Waals surface area contributed by atoms with Crippen molar-refractivity contribution < 1.29 is 19.4 Å². The molecular weight excluding hydrogens is 396 g/mol. The first kappa shape index (κ1) is 19.6.